The van der Waals surface area contributed by atoms with Gasteiger partial charge in [-0.2, -0.15) is 0 Å². The van der Waals surface area contributed by atoms with Crippen LogP contribution in [0.15, 0.2) is 0 Å². The Bertz CT molecular complexity index is 198. The van der Waals surface area contributed by atoms with Gasteiger partial charge in [0, 0.05) is 12.3 Å². The molecule has 0 spiro atoms. The Labute approximate surface area is 121 Å². The molecule has 0 aromatic carbocycles. The van der Waals surface area contributed by atoms with Crippen molar-refractivity contribution < 1.29 is 4.79 Å². The molecule has 0 radical (unpaired) electrons. The maximum Gasteiger partial charge on any atom is 0.135 e. The van der Waals surface area contributed by atoms with Crippen molar-refractivity contribution in [3.63, 3.8) is 0 Å². The minimum absolute atomic E-state index is 0.373. The van der Waals surface area contributed by atoms with Crippen molar-refractivity contribution in [2.45, 2.75) is 104 Å². The van der Waals surface area contributed by atoms with E-state index in [1.165, 1.54) is 51.4 Å². The highest BCUT2D eigenvalue weighted by Crippen LogP contribution is 2.21. The molecule has 0 aromatic rings. The zero-order valence-electron chi connectivity index (χ0n) is 13.7. The summed E-state index contributed by atoms with van der Waals surface area (Å²) in [5.74, 6) is 0.918. The van der Waals surface area contributed by atoms with Gasteiger partial charge in [0.25, 0.3) is 0 Å². The fourth-order valence-electron chi connectivity index (χ4n) is 2.64. The van der Waals surface area contributed by atoms with Gasteiger partial charge in [0.15, 0.2) is 0 Å². The number of hydrogen-bond acceptors (Lipinski definition) is 1. The van der Waals surface area contributed by atoms with Gasteiger partial charge in [-0.05, 0) is 19.3 Å². The molecule has 114 valence electrons. The maximum absolute atomic E-state index is 12.2. The largest absolute Gasteiger partial charge is 0.299 e. The van der Waals surface area contributed by atoms with E-state index in [1.807, 2.05) is 0 Å². The fourth-order valence-corrected chi connectivity index (χ4v) is 2.64. The molecule has 1 atom stereocenters. The number of rotatable bonds is 14. The Hall–Kier alpha value is -0.330. The van der Waals surface area contributed by atoms with Gasteiger partial charge in [0.1, 0.15) is 5.78 Å². The molecule has 0 rings (SSSR count). The second-order valence-electron chi connectivity index (χ2n) is 5.97. The molecule has 0 saturated carbocycles. The molecule has 0 fully saturated rings. The summed E-state index contributed by atoms with van der Waals surface area (Å²) in [6, 6.07) is 0. The quantitative estimate of drug-likeness (QED) is 0.338. The van der Waals surface area contributed by atoms with Crippen LogP contribution >= 0.6 is 0 Å². The van der Waals surface area contributed by atoms with E-state index in [0.29, 0.717) is 11.7 Å². The van der Waals surface area contributed by atoms with Crippen LogP contribution in [0.5, 0.6) is 0 Å². The standard InChI is InChI=1S/C18H36O/c1-4-7-10-11-12-13-15-17(14-8-5-2)18(19)16-9-6-3/h17H,4-16H2,1-3H3. The highest BCUT2D eigenvalue weighted by Gasteiger charge is 2.16. The van der Waals surface area contributed by atoms with Crippen LogP contribution in [0.25, 0.3) is 0 Å². The van der Waals surface area contributed by atoms with E-state index in [-0.39, 0.29) is 0 Å². The molecule has 0 amide bonds. The molecule has 1 heteroatoms. The average Bonchev–Trinajstić information content (AvgIpc) is 2.43. The first-order valence-corrected chi connectivity index (χ1v) is 8.78. The van der Waals surface area contributed by atoms with E-state index in [4.69, 9.17) is 0 Å². The van der Waals surface area contributed by atoms with Gasteiger partial charge in [0.2, 0.25) is 0 Å². The first-order valence-electron chi connectivity index (χ1n) is 8.78. The lowest BCUT2D eigenvalue weighted by atomic mass is 9.89. The summed E-state index contributed by atoms with van der Waals surface area (Å²) in [6.45, 7) is 6.65. The second-order valence-corrected chi connectivity index (χ2v) is 5.97. The van der Waals surface area contributed by atoms with Crippen molar-refractivity contribution in [2.24, 2.45) is 5.92 Å². The predicted octanol–water partition coefficient (Wildman–Crippen LogP) is 6.30. The maximum atomic E-state index is 12.2. The van der Waals surface area contributed by atoms with Gasteiger partial charge in [0.05, 0.1) is 0 Å². The molecule has 0 aliphatic rings. The summed E-state index contributed by atoms with van der Waals surface area (Å²) in [6.07, 6.45) is 15.8. The highest BCUT2D eigenvalue weighted by molar-refractivity contribution is 5.80. The van der Waals surface area contributed by atoms with Crippen molar-refractivity contribution in [3.05, 3.63) is 0 Å². The number of carbonyl (C=O) groups excluding carboxylic acids is 1. The molecule has 0 heterocycles. The van der Waals surface area contributed by atoms with Gasteiger partial charge in [-0.25, -0.2) is 0 Å². The SMILES string of the molecule is CCCCCCCCC(CCCC)C(=O)CCCC. The van der Waals surface area contributed by atoms with Crippen molar-refractivity contribution in [3.8, 4) is 0 Å². The zero-order chi connectivity index (χ0) is 14.3. The van der Waals surface area contributed by atoms with Crippen molar-refractivity contribution in [2.75, 3.05) is 0 Å². The van der Waals surface area contributed by atoms with Gasteiger partial charge in [-0.15, -0.1) is 0 Å². The zero-order valence-corrected chi connectivity index (χ0v) is 13.7. The number of hydrogen-bond donors (Lipinski definition) is 0. The number of Topliss-reactive ketones (excluding diaryl/α,β-unsaturated/α-hetero) is 1. The molecular formula is C18H36O. The van der Waals surface area contributed by atoms with Crippen molar-refractivity contribution in [1.82, 2.24) is 0 Å². The lowest BCUT2D eigenvalue weighted by molar-refractivity contribution is -0.123. The fraction of sp³-hybridized carbons (Fsp3) is 0.944. The van der Waals surface area contributed by atoms with Gasteiger partial charge >= 0.3 is 0 Å². The van der Waals surface area contributed by atoms with E-state index in [1.54, 1.807) is 0 Å². The van der Waals surface area contributed by atoms with Crippen molar-refractivity contribution >= 4 is 5.78 Å². The molecular weight excluding hydrogens is 232 g/mol. The van der Waals surface area contributed by atoms with E-state index >= 15 is 0 Å². The first kappa shape index (κ1) is 18.7. The van der Waals surface area contributed by atoms with E-state index in [0.717, 1.165) is 32.1 Å². The minimum atomic E-state index is 0.373. The Morgan fingerprint density at radius 1 is 0.684 bits per heavy atom. The molecule has 0 aromatic heterocycles. The highest BCUT2D eigenvalue weighted by atomic mass is 16.1. The summed E-state index contributed by atoms with van der Waals surface area (Å²) in [4.78, 5) is 12.2. The van der Waals surface area contributed by atoms with Gasteiger partial charge in [-0.1, -0.05) is 78.6 Å². The van der Waals surface area contributed by atoms with E-state index in [9.17, 15) is 4.79 Å². The van der Waals surface area contributed by atoms with Crippen LogP contribution in [-0.4, -0.2) is 5.78 Å². The molecule has 0 bridgehead atoms. The van der Waals surface area contributed by atoms with E-state index < -0.39 is 0 Å². The van der Waals surface area contributed by atoms with Crippen LogP contribution in [0, 0.1) is 5.92 Å². The molecule has 0 aliphatic carbocycles. The number of unbranched alkanes of at least 4 members (excludes halogenated alkanes) is 7. The number of carbonyl (C=O) groups is 1. The second kappa shape index (κ2) is 14.1. The summed E-state index contributed by atoms with van der Waals surface area (Å²) >= 11 is 0. The van der Waals surface area contributed by atoms with Crippen LogP contribution in [0.4, 0.5) is 0 Å². The molecule has 0 saturated heterocycles. The van der Waals surface area contributed by atoms with E-state index in [2.05, 4.69) is 20.8 Å². The molecule has 19 heavy (non-hydrogen) atoms. The third-order valence-electron chi connectivity index (χ3n) is 4.04. The Balaban J connectivity index is 3.81. The van der Waals surface area contributed by atoms with Gasteiger partial charge < -0.3 is 0 Å². The normalized spacial score (nSPS) is 12.6. The topological polar surface area (TPSA) is 17.1 Å². The lowest BCUT2D eigenvalue weighted by Crippen LogP contribution is -2.14. The third-order valence-corrected chi connectivity index (χ3v) is 4.04. The monoisotopic (exact) mass is 268 g/mol. The summed E-state index contributed by atoms with van der Waals surface area (Å²) < 4.78 is 0. The van der Waals surface area contributed by atoms with Crippen LogP contribution in [0.3, 0.4) is 0 Å². The summed E-state index contributed by atoms with van der Waals surface area (Å²) in [7, 11) is 0. The first-order chi connectivity index (χ1) is 9.26. The molecule has 0 aliphatic heterocycles. The minimum Gasteiger partial charge on any atom is -0.299 e. The Morgan fingerprint density at radius 2 is 1.21 bits per heavy atom. The predicted molar refractivity (Wildman–Crippen MR) is 85.5 cm³/mol. The molecule has 1 nitrogen and oxygen atoms in total. The van der Waals surface area contributed by atoms with Crippen LogP contribution < -0.4 is 0 Å². The van der Waals surface area contributed by atoms with Crippen LogP contribution in [0.2, 0.25) is 0 Å². The average molecular weight is 268 g/mol. The molecule has 0 N–H and O–H groups in total. The van der Waals surface area contributed by atoms with Crippen LogP contribution in [0.1, 0.15) is 104 Å². The Kier molecular flexibility index (Phi) is 13.8. The van der Waals surface area contributed by atoms with Crippen LogP contribution in [-0.2, 0) is 4.79 Å². The lowest BCUT2D eigenvalue weighted by Gasteiger charge is -2.15. The summed E-state index contributed by atoms with van der Waals surface area (Å²) in [5.41, 5.74) is 0. The number of ketones is 1. The summed E-state index contributed by atoms with van der Waals surface area (Å²) in [5, 5.41) is 0. The Morgan fingerprint density at radius 3 is 1.84 bits per heavy atom. The molecule has 1 unspecified atom stereocenters. The van der Waals surface area contributed by atoms with Gasteiger partial charge in [-0.3, -0.25) is 4.79 Å². The third kappa shape index (κ3) is 11.2. The van der Waals surface area contributed by atoms with Crippen molar-refractivity contribution in [1.29, 1.82) is 0 Å². The smallest absolute Gasteiger partial charge is 0.135 e.